The fourth-order valence-electron chi connectivity index (χ4n) is 2.46. The first-order valence-corrected chi connectivity index (χ1v) is 7.08. The van der Waals surface area contributed by atoms with Crippen molar-refractivity contribution in [3.63, 3.8) is 0 Å². The minimum atomic E-state index is -0.0645. The molecule has 0 saturated heterocycles. The van der Waals surface area contributed by atoms with Crippen molar-refractivity contribution in [1.82, 2.24) is 0 Å². The van der Waals surface area contributed by atoms with E-state index in [1.807, 2.05) is 18.2 Å². The van der Waals surface area contributed by atoms with Gasteiger partial charge in [-0.1, -0.05) is 29.8 Å². The fourth-order valence-corrected chi connectivity index (χ4v) is 2.46. The molecular weight excluding hydrogens is 262 g/mol. The van der Waals surface area contributed by atoms with Crippen LogP contribution in [-0.2, 0) is 6.42 Å². The Morgan fingerprint density at radius 1 is 0.952 bits per heavy atom. The van der Waals surface area contributed by atoms with Gasteiger partial charge in [0.1, 0.15) is 0 Å². The molecule has 21 heavy (non-hydrogen) atoms. The predicted octanol–water partition coefficient (Wildman–Crippen LogP) is 3.56. The summed E-state index contributed by atoms with van der Waals surface area (Å²) in [5.41, 5.74) is 11.2. The third-order valence-electron chi connectivity index (χ3n) is 3.78. The first kappa shape index (κ1) is 15.4. The molecule has 0 aromatic heterocycles. The lowest BCUT2D eigenvalue weighted by Gasteiger charge is -2.16. The smallest absolute Gasteiger partial charge is 0.161 e. The van der Waals surface area contributed by atoms with Crippen molar-refractivity contribution >= 4 is 0 Å². The molecule has 2 rings (SSSR count). The van der Waals surface area contributed by atoms with Crippen LogP contribution in [0.2, 0.25) is 0 Å². The molecule has 112 valence electrons. The highest BCUT2D eigenvalue weighted by Gasteiger charge is 2.12. The van der Waals surface area contributed by atoms with Crippen LogP contribution in [0.15, 0.2) is 36.4 Å². The zero-order valence-corrected chi connectivity index (χ0v) is 13.1. The van der Waals surface area contributed by atoms with Crippen LogP contribution in [0, 0.1) is 13.8 Å². The largest absolute Gasteiger partial charge is 0.493 e. The second-order valence-electron chi connectivity index (χ2n) is 5.35. The summed E-state index contributed by atoms with van der Waals surface area (Å²) in [4.78, 5) is 0. The van der Waals surface area contributed by atoms with Gasteiger partial charge in [0.15, 0.2) is 11.5 Å². The molecule has 0 aliphatic heterocycles. The van der Waals surface area contributed by atoms with Gasteiger partial charge in [0.25, 0.3) is 0 Å². The average Bonchev–Trinajstić information content (AvgIpc) is 2.50. The molecular formula is C18H23NO2. The summed E-state index contributed by atoms with van der Waals surface area (Å²) in [6, 6.07) is 12.3. The number of aryl methyl sites for hydroxylation is 2. The zero-order chi connectivity index (χ0) is 15.4. The predicted molar refractivity (Wildman–Crippen MR) is 86.1 cm³/mol. The molecule has 3 heteroatoms. The molecule has 0 aliphatic rings. The normalized spacial score (nSPS) is 12.0. The van der Waals surface area contributed by atoms with Crippen LogP contribution in [0.1, 0.15) is 28.3 Å². The molecule has 0 amide bonds. The van der Waals surface area contributed by atoms with E-state index in [0.717, 1.165) is 17.7 Å². The van der Waals surface area contributed by atoms with E-state index in [0.29, 0.717) is 5.75 Å². The molecule has 1 unspecified atom stereocenters. The van der Waals surface area contributed by atoms with Crippen LogP contribution in [-0.4, -0.2) is 14.2 Å². The van der Waals surface area contributed by atoms with E-state index in [4.69, 9.17) is 15.2 Å². The van der Waals surface area contributed by atoms with E-state index >= 15 is 0 Å². The number of benzene rings is 2. The maximum atomic E-state index is 6.36. The third-order valence-corrected chi connectivity index (χ3v) is 3.78. The van der Waals surface area contributed by atoms with Crippen LogP contribution < -0.4 is 15.2 Å². The Hall–Kier alpha value is -2.00. The van der Waals surface area contributed by atoms with Crippen LogP contribution in [0.3, 0.4) is 0 Å². The summed E-state index contributed by atoms with van der Waals surface area (Å²) in [6.07, 6.45) is 0.809. The maximum Gasteiger partial charge on any atom is 0.161 e. The van der Waals surface area contributed by atoms with E-state index in [-0.39, 0.29) is 6.04 Å². The van der Waals surface area contributed by atoms with Gasteiger partial charge in [-0.15, -0.1) is 0 Å². The lowest BCUT2D eigenvalue weighted by atomic mass is 9.95. The quantitative estimate of drug-likeness (QED) is 0.913. The van der Waals surface area contributed by atoms with Crippen molar-refractivity contribution in [3.8, 4) is 11.5 Å². The minimum Gasteiger partial charge on any atom is -0.493 e. The second-order valence-corrected chi connectivity index (χ2v) is 5.35. The highest BCUT2D eigenvalue weighted by molar-refractivity contribution is 5.44. The maximum absolute atomic E-state index is 6.36. The Labute approximate surface area is 126 Å². The van der Waals surface area contributed by atoms with E-state index in [1.54, 1.807) is 14.2 Å². The summed E-state index contributed by atoms with van der Waals surface area (Å²) < 4.78 is 10.6. The summed E-state index contributed by atoms with van der Waals surface area (Å²) in [5, 5.41) is 0. The van der Waals surface area contributed by atoms with Gasteiger partial charge in [-0.05, 0) is 49.1 Å². The van der Waals surface area contributed by atoms with Crippen molar-refractivity contribution < 1.29 is 9.47 Å². The number of methoxy groups -OCH3 is 2. The topological polar surface area (TPSA) is 44.5 Å². The SMILES string of the molecule is COc1ccc(C(N)Cc2cc(C)ccc2C)cc1OC. The number of hydrogen-bond acceptors (Lipinski definition) is 3. The van der Waals surface area contributed by atoms with Crippen molar-refractivity contribution in [1.29, 1.82) is 0 Å². The molecule has 3 nitrogen and oxygen atoms in total. The summed E-state index contributed by atoms with van der Waals surface area (Å²) in [5.74, 6) is 1.44. The second kappa shape index (κ2) is 6.64. The molecule has 0 fully saturated rings. The molecule has 0 saturated carbocycles. The van der Waals surface area contributed by atoms with E-state index < -0.39 is 0 Å². The highest BCUT2D eigenvalue weighted by Crippen LogP contribution is 2.30. The summed E-state index contributed by atoms with van der Waals surface area (Å²) >= 11 is 0. The van der Waals surface area contributed by atoms with Gasteiger partial charge >= 0.3 is 0 Å². The van der Waals surface area contributed by atoms with Crippen LogP contribution >= 0.6 is 0 Å². The van der Waals surface area contributed by atoms with Crippen LogP contribution in [0.4, 0.5) is 0 Å². The minimum absolute atomic E-state index is 0.0645. The molecule has 0 spiro atoms. The Balaban J connectivity index is 2.24. The first-order chi connectivity index (χ1) is 10.0. The summed E-state index contributed by atoms with van der Waals surface area (Å²) in [7, 11) is 3.27. The molecule has 2 N–H and O–H groups in total. The van der Waals surface area contributed by atoms with Gasteiger partial charge in [0.2, 0.25) is 0 Å². The van der Waals surface area contributed by atoms with Crippen molar-refractivity contribution in [2.24, 2.45) is 5.73 Å². The Morgan fingerprint density at radius 3 is 2.33 bits per heavy atom. The molecule has 2 aromatic carbocycles. The number of ether oxygens (including phenoxy) is 2. The van der Waals surface area contributed by atoms with Gasteiger partial charge in [-0.3, -0.25) is 0 Å². The van der Waals surface area contributed by atoms with Gasteiger partial charge in [-0.2, -0.15) is 0 Å². The lowest BCUT2D eigenvalue weighted by molar-refractivity contribution is 0.354. The monoisotopic (exact) mass is 285 g/mol. The Bertz CT molecular complexity index is 623. The van der Waals surface area contributed by atoms with Gasteiger partial charge < -0.3 is 15.2 Å². The van der Waals surface area contributed by atoms with E-state index in [1.165, 1.54) is 16.7 Å². The van der Waals surface area contributed by atoms with Crippen LogP contribution in [0.5, 0.6) is 11.5 Å². The van der Waals surface area contributed by atoms with E-state index in [2.05, 4.69) is 32.0 Å². The van der Waals surface area contributed by atoms with Crippen LogP contribution in [0.25, 0.3) is 0 Å². The zero-order valence-electron chi connectivity index (χ0n) is 13.1. The molecule has 0 bridgehead atoms. The molecule has 0 radical (unpaired) electrons. The summed E-state index contributed by atoms with van der Waals surface area (Å²) in [6.45, 7) is 4.22. The highest BCUT2D eigenvalue weighted by atomic mass is 16.5. The van der Waals surface area contributed by atoms with Crippen molar-refractivity contribution in [3.05, 3.63) is 58.7 Å². The molecule has 0 aliphatic carbocycles. The Kier molecular flexibility index (Phi) is 4.86. The third kappa shape index (κ3) is 3.56. The Morgan fingerprint density at radius 2 is 1.67 bits per heavy atom. The van der Waals surface area contributed by atoms with Crippen molar-refractivity contribution in [2.45, 2.75) is 26.3 Å². The average molecular weight is 285 g/mol. The van der Waals surface area contributed by atoms with Gasteiger partial charge in [0, 0.05) is 6.04 Å². The molecule has 2 aromatic rings. The lowest BCUT2D eigenvalue weighted by Crippen LogP contribution is -2.14. The molecule has 1 atom stereocenters. The number of rotatable bonds is 5. The van der Waals surface area contributed by atoms with Crippen molar-refractivity contribution in [2.75, 3.05) is 14.2 Å². The van der Waals surface area contributed by atoms with E-state index in [9.17, 15) is 0 Å². The first-order valence-electron chi connectivity index (χ1n) is 7.08. The van der Waals surface area contributed by atoms with Gasteiger partial charge in [-0.25, -0.2) is 0 Å². The number of nitrogens with two attached hydrogens (primary N) is 1. The standard InChI is InChI=1S/C18H23NO2/c1-12-5-6-13(2)15(9-12)10-16(19)14-7-8-17(20-3)18(11-14)21-4/h5-9,11,16H,10,19H2,1-4H3. The molecule has 0 heterocycles. The van der Waals surface area contributed by atoms with Gasteiger partial charge in [0.05, 0.1) is 14.2 Å². The number of hydrogen-bond donors (Lipinski definition) is 1. The fraction of sp³-hybridized carbons (Fsp3) is 0.333.